The fraction of sp³-hybridized carbons (Fsp3) is 0.933. The zero-order chi connectivity index (χ0) is 12.8. The molecular weight excluding hydrogens is 210 g/mol. The molecule has 2 heteroatoms. The Hall–Kier alpha value is -0.370. The summed E-state index contributed by atoms with van der Waals surface area (Å²) in [7, 11) is 0. The number of rotatable bonds is 2. The molecule has 2 rings (SSSR count). The Morgan fingerprint density at radius 2 is 1.53 bits per heavy atom. The molecule has 2 heterocycles. The molecule has 2 fully saturated rings. The number of fused-ring (bicyclic) bond motifs is 2. The third-order valence-electron chi connectivity index (χ3n) is 4.21. The molecule has 0 aliphatic carbocycles. The Balaban J connectivity index is 2.15. The van der Waals surface area contributed by atoms with Gasteiger partial charge >= 0.3 is 0 Å². The molecule has 2 bridgehead atoms. The largest absolute Gasteiger partial charge is 0.300 e. The van der Waals surface area contributed by atoms with Crippen molar-refractivity contribution in [3.63, 3.8) is 0 Å². The molecule has 0 spiro atoms. The molecule has 0 radical (unpaired) electrons. The summed E-state index contributed by atoms with van der Waals surface area (Å²) in [6.45, 7) is 11.7. The molecular formula is C15H27NO. The van der Waals surface area contributed by atoms with Crippen molar-refractivity contribution in [2.45, 2.75) is 84.3 Å². The number of Topliss-reactive ketones (excluding diaryl/α,β-unsaturated/α-hetero) is 1. The van der Waals surface area contributed by atoms with Crippen LogP contribution in [0.2, 0.25) is 0 Å². The molecule has 17 heavy (non-hydrogen) atoms. The number of hydrogen-bond donors (Lipinski definition) is 0. The van der Waals surface area contributed by atoms with E-state index in [0.717, 1.165) is 12.8 Å². The van der Waals surface area contributed by atoms with Gasteiger partial charge < -0.3 is 0 Å². The third kappa shape index (κ3) is 2.73. The van der Waals surface area contributed by atoms with Crippen molar-refractivity contribution in [1.82, 2.24) is 4.90 Å². The minimum Gasteiger partial charge on any atom is -0.300 e. The summed E-state index contributed by atoms with van der Waals surface area (Å²) in [6, 6.07) is 1.05. The van der Waals surface area contributed by atoms with Crippen molar-refractivity contribution in [2.75, 3.05) is 0 Å². The maximum absolute atomic E-state index is 11.7. The van der Waals surface area contributed by atoms with Crippen LogP contribution in [0.4, 0.5) is 0 Å². The summed E-state index contributed by atoms with van der Waals surface area (Å²) >= 11 is 0. The zero-order valence-corrected chi connectivity index (χ0v) is 12.0. The van der Waals surface area contributed by atoms with Gasteiger partial charge in [-0.1, -0.05) is 20.8 Å². The maximum Gasteiger partial charge on any atom is 0.136 e. The second kappa shape index (κ2) is 4.08. The van der Waals surface area contributed by atoms with E-state index in [-0.39, 0.29) is 5.54 Å². The van der Waals surface area contributed by atoms with Gasteiger partial charge in [-0.3, -0.25) is 9.69 Å². The average Bonchev–Trinajstić information content (AvgIpc) is 2.36. The van der Waals surface area contributed by atoms with E-state index in [1.165, 1.54) is 19.3 Å². The van der Waals surface area contributed by atoms with Crippen LogP contribution in [0.25, 0.3) is 0 Å². The van der Waals surface area contributed by atoms with Crippen molar-refractivity contribution < 1.29 is 4.79 Å². The lowest BCUT2D eigenvalue weighted by Crippen LogP contribution is -2.55. The monoisotopic (exact) mass is 237 g/mol. The van der Waals surface area contributed by atoms with Crippen LogP contribution in [0.15, 0.2) is 0 Å². The van der Waals surface area contributed by atoms with Crippen molar-refractivity contribution >= 4 is 5.78 Å². The second-order valence-corrected chi connectivity index (χ2v) is 7.79. The van der Waals surface area contributed by atoms with Crippen LogP contribution in [-0.2, 0) is 4.79 Å². The van der Waals surface area contributed by atoms with E-state index < -0.39 is 0 Å². The normalized spacial score (nSPS) is 31.0. The Labute approximate surface area is 106 Å². The first-order valence-electron chi connectivity index (χ1n) is 6.99. The quantitative estimate of drug-likeness (QED) is 0.733. The van der Waals surface area contributed by atoms with Gasteiger partial charge in [0.15, 0.2) is 0 Å². The van der Waals surface area contributed by atoms with E-state index >= 15 is 0 Å². The summed E-state index contributed by atoms with van der Waals surface area (Å²) in [4.78, 5) is 14.3. The van der Waals surface area contributed by atoms with Gasteiger partial charge in [0.05, 0.1) is 0 Å². The Morgan fingerprint density at radius 3 is 1.94 bits per heavy atom. The molecule has 2 unspecified atom stereocenters. The number of piperidine rings is 1. The van der Waals surface area contributed by atoms with Crippen LogP contribution in [-0.4, -0.2) is 28.3 Å². The fourth-order valence-corrected chi connectivity index (χ4v) is 4.35. The van der Waals surface area contributed by atoms with Crippen LogP contribution in [0.5, 0.6) is 0 Å². The van der Waals surface area contributed by atoms with Gasteiger partial charge in [0.25, 0.3) is 0 Å². The van der Waals surface area contributed by atoms with Crippen LogP contribution in [0.1, 0.15) is 66.7 Å². The lowest BCUT2D eigenvalue weighted by atomic mass is 9.79. The van der Waals surface area contributed by atoms with Crippen molar-refractivity contribution in [2.24, 2.45) is 5.41 Å². The van der Waals surface area contributed by atoms with Gasteiger partial charge in [-0.05, 0) is 38.5 Å². The van der Waals surface area contributed by atoms with Gasteiger partial charge in [-0.25, -0.2) is 0 Å². The van der Waals surface area contributed by atoms with Gasteiger partial charge in [-0.2, -0.15) is 0 Å². The third-order valence-corrected chi connectivity index (χ3v) is 4.21. The molecule has 0 amide bonds. The van der Waals surface area contributed by atoms with E-state index in [0.29, 0.717) is 23.3 Å². The second-order valence-electron chi connectivity index (χ2n) is 7.79. The highest BCUT2D eigenvalue weighted by molar-refractivity contribution is 5.81. The van der Waals surface area contributed by atoms with Crippen LogP contribution >= 0.6 is 0 Å². The first-order valence-corrected chi connectivity index (χ1v) is 6.99. The minimum atomic E-state index is 0.227. The first-order chi connectivity index (χ1) is 7.69. The molecule has 0 aromatic heterocycles. The topological polar surface area (TPSA) is 20.3 Å². The van der Waals surface area contributed by atoms with E-state index in [9.17, 15) is 4.79 Å². The molecule has 98 valence electrons. The molecule has 2 aliphatic rings. The number of ketones is 1. The average molecular weight is 237 g/mol. The van der Waals surface area contributed by atoms with Gasteiger partial charge in [0.2, 0.25) is 0 Å². The van der Waals surface area contributed by atoms with E-state index in [2.05, 4.69) is 39.5 Å². The Bertz CT molecular complexity index is 297. The lowest BCUT2D eigenvalue weighted by molar-refractivity contribution is -0.126. The predicted molar refractivity (Wildman–Crippen MR) is 71.0 cm³/mol. The van der Waals surface area contributed by atoms with Gasteiger partial charge in [-0.15, -0.1) is 0 Å². The number of hydrogen-bond acceptors (Lipinski definition) is 2. The summed E-state index contributed by atoms with van der Waals surface area (Å²) in [5.74, 6) is 0.486. The highest BCUT2D eigenvalue weighted by Crippen LogP contribution is 2.43. The van der Waals surface area contributed by atoms with Crippen LogP contribution in [0.3, 0.4) is 0 Å². The molecule has 0 aromatic carbocycles. The fourth-order valence-electron chi connectivity index (χ4n) is 4.35. The molecule has 2 nitrogen and oxygen atoms in total. The summed E-state index contributed by atoms with van der Waals surface area (Å²) in [6.07, 6.45) is 5.24. The molecule has 0 saturated carbocycles. The zero-order valence-electron chi connectivity index (χ0n) is 12.0. The van der Waals surface area contributed by atoms with Gasteiger partial charge in [0, 0.05) is 30.5 Å². The van der Waals surface area contributed by atoms with Gasteiger partial charge in [0.1, 0.15) is 5.78 Å². The van der Waals surface area contributed by atoms with Crippen LogP contribution < -0.4 is 0 Å². The minimum absolute atomic E-state index is 0.227. The highest BCUT2D eigenvalue weighted by atomic mass is 16.1. The van der Waals surface area contributed by atoms with E-state index in [1.54, 1.807) is 0 Å². The standard InChI is InChI=1S/C15H27NO/c1-14(2,3)10-15(4,5)16-11-6-7-12(16)9-13(17)8-11/h11-12H,6-10H2,1-5H3. The summed E-state index contributed by atoms with van der Waals surface area (Å²) in [5, 5.41) is 0. The highest BCUT2D eigenvalue weighted by Gasteiger charge is 2.47. The molecule has 2 saturated heterocycles. The summed E-state index contributed by atoms with van der Waals surface area (Å²) < 4.78 is 0. The maximum atomic E-state index is 11.7. The van der Waals surface area contributed by atoms with E-state index in [1.807, 2.05) is 0 Å². The van der Waals surface area contributed by atoms with Crippen molar-refractivity contribution in [3.05, 3.63) is 0 Å². The number of nitrogens with zero attached hydrogens (tertiary/aromatic N) is 1. The Kier molecular flexibility index (Phi) is 3.14. The number of carbonyl (C=O) groups excluding carboxylic acids is 1. The smallest absolute Gasteiger partial charge is 0.136 e. The van der Waals surface area contributed by atoms with Crippen LogP contribution in [0, 0.1) is 5.41 Å². The van der Waals surface area contributed by atoms with Crippen molar-refractivity contribution in [3.8, 4) is 0 Å². The number of carbonyl (C=O) groups is 1. The lowest BCUT2D eigenvalue weighted by Gasteiger charge is -2.48. The first kappa shape index (κ1) is 13.1. The van der Waals surface area contributed by atoms with Crippen molar-refractivity contribution in [1.29, 1.82) is 0 Å². The predicted octanol–water partition coefficient (Wildman–Crippen LogP) is 3.40. The molecule has 2 atom stereocenters. The molecule has 2 aliphatic heterocycles. The SMILES string of the molecule is CC(C)(C)CC(C)(C)N1C2CCC1CC(=O)C2. The molecule has 0 aromatic rings. The molecule has 0 N–H and O–H groups in total. The van der Waals surface area contributed by atoms with E-state index in [4.69, 9.17) is 0 Å². The Morgan fingerprint density at radius 1 is 1.06 bits per heavy atom. The summed E-state index contributed by atoms with van der Waals surface area (Å²) in [5.41, 5.74) is 0.579.